The second-order valence-electron chi connectivity index (χ2n) is 9.12. The Morgan fingerprint density at radius 1 is 1.14 bits per heavy atom. The maximum atomic E-state index is 12.7. The van der Waals surface area contributed by atoms with Gasteiger partial charge in [-0.3, -0.25) is 4.79 Å². The minimum Gasteiger partial charge on any atom is -0.377 e. The molecule has 2 nitrogen and oxygen atoms in total. The molecule has 2 atom stereocenters. The molecule has 0 aromatic heterocycles. The van der Waals surface area contributed by atoms with Crippen LogP contribution in [0.25, 0.3) is 0 Å². The number of carbonyl (C=O) groups excluding carboxylic acids is 1. The van der Waals surface area contributed by atoms with E-state index in [2.05, 4.69) is 5.92 Å². The van der Waals surface area contributed by atoms with E-state index in [0.29, 0.717) is 12.8 Å². The minimum atomic E-state index is -4.98. The second-order valence-corrected chi connectivity index (χ2v) is 9.12. The molecule has 2 aliphatic carbocycles. The van der Waals surface area contributed by atoms with Crippen molar-refractivity contribution in [1.82, 2.24) is 0 Å². The van der Waals surface area contributed by atoms with Crippen LogP contribution in [0.3, 0.4) is 0 Å². The van der Waals surface area contributed by atoms with Crippen LogP contribution < -0.4 is 0 Å². The molecule has 1 N–H and O–H groups in total. The third kappa shape index (κ3) is 5.78. The van der Waals surface area contributed by atoms with Crippen molar-refractivity contribution < 1.29 is 36.2 Å². The van der Waals surface area contributed by atoms with Gasteiger partial charge in [0, 0.05) is 18.8 Å². The van der Waals surface area contributed by atoms with Crippen molar-refractivity contribution in [2.24, 2.45) is 16.7 Å². The molecule has 8 heteroatoms. The highest BCUT2D eigenvalue weighted by molar-refractivity contribution is 5.84. The van der Waals surface area contributed by atoms with Crippen molar-refractivity contribution in [2.45, 2.75) is 83.7 Å². The van der Waals surface area contributed by atoms with E-state index in [9.17, 15) is 36.2 Å². The number of allylic oxidation sites excluding steroid dienone is 2. The summed E-state index contributed by atoms with van der Waals surface area (Å²) in [6.07, 6.45) is -9.45. The lowest BCUT2D eigenvalue weighted by Gasteiger charge is -2.43. The smallest absolute Gasteiger partial charge is 0.377 e. The molecule has 164 valence electrons. The molecule has 0 saturated heterocycles. The van der Waals surface area contributed by atoms with E-state index >= 15 is 0 Å². The summed E-state index contributed by atoms with van der Waals surface area (Å²) in [5.74, 6) is 4.30. The Balaban J connectivity index is 2.22. The van der Waals surface area contributed by atoms with E-state index in [-0.39, 0.29) is 23.5 Å². The Labute approximate surface area is 166 Å². The first kappa shape index (κ1) is 23.8. The molecule has 0 aliphatic heterocycles. The third-order valence-electron chi connectivity index (χ3n) is 6.02. The van der Waals surface area contributed by atoms with Crippen LogP contribution in [0, 0.1) is 28.6 Å². The monoisotopic (exact) mass is 424 g/mol. The van der Waals surface area contributed by atoms with Gasteiger partial charge in [-0.15, -0.1) is 0 Å². The molecule has 0 radical (unpaired) electrons. The number of alkyl halides is 6. The standard InChI is InChI=1S/C21H26F6O2/c1-17(2,16-8-7-14-15(28)6-4-10-18(14,16)3)9-5-11-19(29,12-20(22,23)24)13-21(25,26)27/h8,14,29H,4,6-7,9-10,12-13H2,1-3H3/t14-,18-/m0/s1. The van der Waals surface area contributed by atoms with Crippen LogP contribution in [0.4, 0.5) is 26.3 Å². The molecule has 0 amide bonds. The number of rotatable bonds is 4. The van der Waals surface area contributed by atoms with Crippen LogP contribution >= 0.6 is 0 Å². The summed E-state index contributed by atoms with van der Waals surface area (Å²) in [5.41, 5.74) is -3.27. The number of carbonyl (C=O) groups is 1. The average Bonchev–Trinajstić information content (AvgIpc) is 2.81. The van der Waals surface area contributed by atoms with Crippen LogP contribution in [-0.2, 0) is 4.79 Å². The number of aliphatic hydroxyl groups is 1. The van der Waals surface area contributed by atoms with Gasteiger partial charge in [0.2, 0.25) is 0 Å². The van der Waals surface area contributed by atoms with Gasteiger partial charge in [-0.25, -0.2) is 0 Å². The van der Waals surface area contributed by atoms with Crippen molar-refractivity contribution in [3.8, 4) is 11.8 Å². The highest BCUT2D eigenvalue weighted by atomic mass is 19.4. The van der Waals surface area contributed by atoms with E-state index in [0.717, 1.165) is 18.4 Å². The summed E-state index contributed by atoms with van der Waals surface area (Å²) >= 11 is 0. The maximum Gasteiger partial charge on any atom is 0.392 e. The molecule has 0 bridgehead atoms. The molecular weight excluding hydrogens is 398 g/mol. The highest BCUT2D eigenvalue weighted by Crippen LogP contribution is 2.57. The largest absolute Gasteiger partial charge is 0.392 e. The quantitative estimate of drug-likeness (QED) is 0.355. The Bertz CT molecular complexity index is 719. The van der Waals surface area contributed by atoms with Crippen molar-refractivity contribution in [3.63, 3.8) is 0 Å². The molecule has 0 aromatic rings. The summed E-state index contributed by atoms with van der Waals surface area (Å²) in [6.45, 7) is 5.62. The topological polar surface area (TPSA) is 37.3 Å². The molecule has 2 rings (SSSR count). The summed E-state index contributed by atoms with van der Waals surface area (Å²) in [7, 11) is 0. The zero-order valence-corrected chi connectivity index (χ0v) is 16.7. The van der Waals surface area contributed by atoms with Crippen LogP contribution in [0.5, 0.6) is 0 Å². The Morgan fingerprint density at radius 2 is 1.69 bits per heavy atom. The number of fused-ring (bicyclic) bond motifs is 1. The van der Waals surface area contributed by atoms with Crippen LogP contribution in [0.1, 0.15) is 65.7 Å². The fourth-order valence-corrected chi connectivity index (χ4v) is 4.90. The minimum absolute atomic E-state index is 0.0205. The molecule has 0 aromatic carbocycles. The summed E-state index contributed by atoms with van der Waals surface area (Å²) in [4.78, 5) is 12.3. The number of ketones is 1. The van der Waals surface area contributed by atoms with Crippen molar-refractivity contribution >= 4 is 5.78 Å². The molecular formula is C21H26F6O2. The highest BCUT2D eigenvalue weighted by Gasteiger charge is 2.51. The van der Waals surface area contributed by atoms with Gasteiger partial charge in [0.15, 0.2) is 0 Å². The zero-order valence-electron chi connectivity index (χ0n) is 16.7. The number of Topliss-reactive ketones (excluding diaryl/α,β-unsaturated/α-hetero) is 1. The van der Waals surface area contributed by atoms with Gasteiger partial charge in [0.05, 0.1) is 12.8 Å². The Kier molecular flexibility index (Phi) is 6.27. The van der Waals surface area contributed by atoms with Gasteiger partial charge >= 0.3 is 12.4 Å². The molecule has 29 heavy (non-hydrogen) atoms. The first-order chi connectivity index (χ1) is 13.0. The lowest BCUT2D eigenvalue weighted by Crippen LogP contribution is -2.39. The summed E-state index contributed by atoms with van der Waals surface area (Å²) < 4.78 is 76.0. The van der Waals surface area contributed by atoms with Crippen LogP contribution in [0.15, 0.2) is 11.6 Å². The van der Waals surface area contributed by atoms with Crippen molar-refractivity contribution in [2.75, 3.05) is 0 Å². The van der Waals surface area contributed by atoms with Gasteiger partial charge in [-0.1, -0.05) is 44.3 Å². The fraction of sp³-hybridized carbons (Fsp3) is 0.762. The zero-order chi connectivity index (χ0) is 22.3. The second kappa shape index (κ2) is 7.64. The van der Waals surface area contributed by atoms with E-state index in [1.165, 1.54) is 0 Å². The first-order valence-corrected chi connectivity index (χ1v) is 9.57. The normalized spacial score (nSPS) is 25.9. The predicted octanol–water partition coefficient (Wildman–Crippen LogP) is 5.75. The van der Waals surface area contributed by atoms with Crippen molar-refractivity contribution in [3.05, 3.63) is 11.6 Å². The molecule has 0 unspecified atom stereocenters. The lowest BCUT2D eigenvalue weighted by atomic mass is 9.60. The molecule has 2 aliphatic rings. The molecule has 0 spiro atoms. The van der Waals surface area contributed by atoms with E-state index in [1.807, 2.05) is 32.8 Å². The molecule has 0 heterocycles. The SMILES string of the molecule is CC(C)(CC#CC(O)(CC(F)(F)F)CC(F)(F)F)C1=CC[C@H]2C(=O)CCC[C@]12C. The van der Waals surface area contributed by atoms with E-state index in [4.69, 9.17) is 0 Å². The lowest BCUT2D eigenvalue weighted by molar-refractivity contribution is -0.201. The summed E-state index contributed by atoms with van der Waals surface area (Å²) in [6, 6.07) is 0. The first-order valence-electron chi connectivity index (χ1n) is 9.57. The predicted molar refractivity (Wildman–Crippen MR) is 95.6 cm³/mol. The number of hydrogen-bond donors (Lipinski definition) is 1. The van der Waals surface area contributed by atoms with E-state index in [1.54, 1.807) is 0 Å². The Morgan fingerprint density at radius 3 is 2.21 bits per heavy atom. The number of hydrogen-bond acceptors (Lipinski definition) is 2. The molecule has 1 saturated carbocycles. The van der Waals surface area contributed by atoms with Gasteiger partial charge in [0.25, 0.3) is 0 Å². The van der Waals surface area contributed by atoms with E-state index < -0.39 is 36.2 Å². The maximum absolute atomic E-state index is 12.7. The van der Waals surface area contributed by atoms with Gasteiger partial charge in [-0.05, 0) is 30.1 Å². The third-order valence-corrected chi connectivity index (χ3v) is 6.02. The van der Waals surface area contributed by atoms with Crippen LogP contribution in [-0.4, -0.2) is 28.8 Å². The number of halogens is 6. The van der Waals surface area contributed by atoms with Crippen molar-refractivity contribution in [1.29, 1.82) is 0 Å². The average molecular weight is 424 g/mol. The van der Waals surface area contributed by atoms with Gasteiger partial charge in [0.1, 0.15) is 11.4 Å². The Hall–Kier alpha value is -1.49. The van der Waals surface area contributed by atoms with Gasteiger partial charge < -0.3 is 5.11 Å². The fourth-order valence-electron chi connectivity index (χ4n) is 4.90. The van der Waals surface area contributed by atoms with Crippen LogP contribution in [0.2, 0.25) is 0 Å². The van der Waals surface area contributed by atoms with Gasteiger partial charge in [-0.2, -0.15) is 26.3 Å². The molecule has 1 fully saturated rings. The summed E-state index contributed by atoms with van der Waals surface area (Å²) in [5, 5.41) is 9.94.